The van der Waals surface area contributed by atoms with Gasteiger partial charge in [-0.15, -0.1) is 0 Å². The Morgan fingerprint density at radius 1 is 1.14 bits per heavy atom. The van der Waals surface area contributed by atoms with Crippen LogP contribution in [-0.2, 0) is 13.0 Å². The van der Waals surface area contributed by atoms with Crippen LogP contribution in [-0.4, -0.2) is 30.6 Å². The molecule has 0 bridgehead atoms. The van der Waals surface area contributed by atoms with Gasteiger partial charge in [-0.3, -0.25) is 4.90 Å². The minimum atomic E-state index is 0.697. The highest BCUT2D eigenvalue weighted by molar-refractivity contribution is 5.28. The topological polar surface area (TPSA) is 15.3 Å². The molecule has 2 aliphatic rings. The average Bonchev–Trinajstić information content (AvgIpc) is 2.95. The fourth-order valence-corrected chi connectivity index (χ4v) is 4.20. The average molecular weight is 286 g/mol. The van der Waals surface area contributed by atoms with Crippen LogP contribution in [0.25, 0.3) is 0 Å². The van der Waals surface area contributed by atoms with Crippen LogP contribution in [0.4, 0.5) is 0 Å². The van der Waals surface area contributed by atoms with E-state index < -0.39 is 0 Å². The van der Waals surface area contributed by atoms with E-state index in [0.29, 0.717) is 6.04 Å². The number of likely N-dealkylation sites (N-methyl/N-ethyl adjacent to an activating group) is 1. The first-order valence-electron chi connectivity index (χ1n) is 8.89. The van der Waals surface area contributed by atoms with Crippen LogP contribution in [0.5, 0.6) is 0 Å². The van der Waals surface area contributed by atoms with E-state index in [-0.39, 0.29) is 0 Å². The minimum Gasteiger partial charge on any atom is -0.313 e. The maximum atomic E-state index is 3.77. The van der Waals surface area contributed by atoms with Crippen LogP contribution < -0.4 is 5.32 Å². The van der Waals surface area contributed by atoms with Crippen molar-refractivity contribution in [1.29, 1.82) is 0 Å². The van der Waals surface area contributed by atoms with Gasteiger partial charge in [0.2, 0.25) is 0 Å². The quantitative estimate of drug-likeness (QED) is 0.889. The SMILES string of the molecule is CCNC(CN1CCCc2ccccc2C1)C1CCCC1. The molecule has 1 saturated carbocycles. The molecule has 2 nitrogen and oxygen atoms in total. The van der Waals surface area contributed by atoms with E-state index in [1.807, 2.05) is 0 Å². The molecule has 1 aliphatic carbocycles. The molecule has 0 radical (unpaired) electrons. The van der Waals surface area contributed by atoms with Gasteiger partial charge in [0, 0.05) is 19.1 Å². The van der Waals surface area contributed by atoms with Crippen molar-refractivity contribution in [3.8, 4) is 0 Å². The first-order chi connectivity index (χ1) is 10.4. The first kappa shape index (κ1) is 15.1. The predicted octanol–water partition coefficient (Wildman–Crippen LogP) is 3.60. The third kappa shape index (κ3) is 3.87. The maximum absolute atomic E-state index is 3.77. The lowest BCUT2D eigenvalue weighted by atomic mass is 9.97. The van der Waals surface area contributed by atoms with Crippen molar-refractivity contribution in [2.75, 3.05) is 19.6 Å². The van der Waals surface area contributed by atoms with Crippen molar-refractivity contribution < 1.29 is 0 Å². The summed E-state index contributed by atoms with van der Waals surface area (Å²) in [6.45, 7) is 6.98. The number of hydrogen-bond donors (Lipinski definition) is 1. The van der Waals surface area contributed by atoms with Gasteiger partial charge in [0.05, 0.1) is 0 Å². The highest BCUT2D eigenvalue weighted by atomic mass is 15.1. The van der Waals surface area contributed by atoms with Gasteiger partial charge in [-0.05, 0) is 55.8 Å². The molecule has 1 unspecified atom stereocenters. The number of aryl methyl sites for hydroxylation is 1. The maximum Gasteiger partial charge on any atom is 0.0237 e. The summed E-state index contributed by atoms with van der Waals surface area (Å²) in [4.78, 5) is 2.69. The van der Waals surface area contributed by atoms with E-state index in [4.69, 9.17) is 0 Å². The summed E-state index contributed by atoms with van der Waals surface area (Å²) in [6, 6.07) is 9.72. The summed E-state index contributed by atoms with van der Waals surface area (Å²) < 4.78 is 0. The van der Waals surface area contributed by atoms with Crippen molar-refractivity contribution in [2.45, 2.75) is 58.0 Å². The lowest BCUT2D eigenvalue weighted by Gasteiger charge is -2.31. The standard InChI is InChI=1S/C19H30N2/c1-2-20-19(17-9-4-5-10-17)15-21-13-7-12-16-8-3-6-11-18(16)14-21/h3,6,8,11,17,19-20H,2,4-5,7,9-10,12-15H2,1H3. The molecule has 2 heteroatoms. The summed E-state index contributed by atoms with van der Waals surface area (Å²) in [5.74, 6) is 0.906. The Hall–Kier alpha value is -0.860. The Morgan fingerprint density at radius 2 is 1.90 bits per heavy atom. The normalized spacial score (nSPS) is 22.0. The van der Waals surface area contributed by atoms with E-state index in [0.717, 1.165) is 19.0 Å². The van der Waals surface area contributed by atoms with E-state index in [1.54, 1.807) is 11.1 Å². The number of nitrogens with one attached hydrogen (secondary N) is 1. The number of fused-ring (bicyclic) bond motifs is 1. The Bertz CT molecular complexity index is 437. The number of benzene rings is 1. The highest BCUT2D eigenvalue weighted by Gasteiger charge is 2.26. The molecule has 1 atom stereocenters. The van der Waals surface area contributed by atoms with Crippen LogP contribution in [0.1, 0.15) is 50.2 Å². The third-order valence-electron chi connectivity index (χ3n) is 5.32. The number of rotatable bonds is 5. The van der Waals surface area contributed by atoms with Crippen LogP contribution in [0.2, 0.25) is 0 Å². The molecule has 0 amide bonds. The Kier molecular flexibility index (Phi) is 5.32. The van der Waals surface area contributed by atoms with E-state index in [2.05, 4.69) is 41.4 Å². The van der Waals surface area contributed by atoms with E-state index >= 15 is 0 Å². The van der Waals surface area contributed by atoms with Crippen LogP contribution in [0, 0.1) is 5.92 Å². The zero-order chi connectivity index (χ0) is 14.5. The monoisotopic (exact) mass is 286 g/mol. The Labute approximate surface area is 129 Å². The summed E-state index contributed by atoms with van der Waals surface area (Å²) in [7, 11) is 0. The largest absolute Gasteiger partial charge is 0.313 e. The first-order valence-corrected chi connectivity index (χ1v) is 8.89. The van der Waals surface area contributed by atoms with Gasteiger partial charge in [-0.1, -0.05) is 44.0 Å². The van der Waals surface area contributed by atoms with Gasteiger partial charge < -0.3 is 5.32 Å². The highest BCUT2D eigenvalue weighted by Crippen LogP contribution is 2.29. The Morgan fingerprint density at radius 3 is 2.67 bits per heavy atom. The van der Waals surface area contributed by atoms with Gasteiger partial charge in [0.15, 0.2) is 0 Å². The molecule has 1 aromatic rings. The summed E-state index contributed by atoms with van der Waals surface area (Å²) in [5.41, 5.74) is 3.12. The molecular formula is C19H30N2. The lowest BCUT2D eigenvalue weighted by molar-refractivity contribution is 0.205. The molecule has 0 spiro atoms. The van der Waals surface area contributed by atoms with Gasteiger partial charge in [-0.2, -0.15) is 0 Å². The van der Waals surface area contributed by atoms with Gasteiger partial charge >= 0.3 is 0 Å². The molecular weight excluding hydrogens is 256 g/mol. The fourth-order valence-electron chi connectivity index (χ4n) is 4.20. The zero-order valence-corrected chi connectivity index (χ0v) is 13.5. The summed E-state index contributed by atoms with van der Waals surface area (Å²) >= 11 is 0. The van der Waals surface area contributed by atoms with E-state index in [1.165, 1.54) is 51.6 Å². The lowest BCUT2D eigenvalue weighted by Crippen LogP contribution is -2.45. The minimum absolute atomic E-state index is 0.697. The summed E-state index contributed by atoms with van der Waals surface area (Å²) in [6.07, 6.45) is 8.30. The molecule has 116 valence electrons. The van der Waals surface area contributed by atoms with Crippen LogP contribution in [0.15, 0.2) is 24.3 Å². The molecule has 1 aliphatic heterocycles. The molecule has 1 N–H and O–H groups in total. The second-order valence-electron chi connectivity index (χ2n) is 6.82. The number of hydrogen-bond acceptors (Lipinski definition) is 2. The second kappa shape index (κ2) is 7.42. The van der Waals surface area contributed by atoms with Crippen molar-refractivity contribution in [1.82, 2.24) is 10.2 Å². The third-order valence-corrected chi connectivity index (χ3v) is 5.32. The van der Waals surface area contributed by atoms with Crippen molar-refractivity contribution in [3.63, 3.8) is 0 Å². The summed E-state index contributed by atoms with van der Waals surface area (Å²) in [5, 5.41) is 3.77. The van der Waals surface area contributed by atoms with Crippen molar-refractivity contribution in [2.24, 2.45) is 5.92 Å². The second-order valence-corrected chi connectivity index (χ2v) is 6.82. The van der Waals surface area contributed by atoms with E-state index in [9.17, 15) is 0 Å². The zero-order valence-electron chi connectivity index (χ0n) is 13.5. The van der Waals surface area contributed by atoms with Gasteiger partial charge in [-0.25, -0.2) is 0 Å². The van der Waals surface area contributed by atoms with Crippen LogP contribution >= 0.6 is 0 Å². The number of nitrogens with zero attached hydrogens (tertiary/aromatic N) is 1. The van der Waals surface area contributed by atoms with Gasteiger partial charge in [0.1, 0.15) is 0 Å². The molecule has 21 heavy (non-hydrogen) atoms. The molecule has 1 fully saturated rings. The Balaban J connectivity index is 1.65. The smallest absolute Gasteiger partial charge is 0.0237 e. The molecule has 0 saturated heterocycles. The van der Waals surface area contributed by atoms with Crippen LogP contribution in [0.3, 0.4) is 0 Å². The molecule has 0 aromatic heterocycles. The van der Waals surface area contributed by atoms with Gasteiger partial charge in [0.25, 0.3) is 0 Å². The molecule has 1 aromatic carbocycles. The van der Waals surface area contributed by atoms with Crippen molar-refractivity contribution in [3.05, 3.63) is 35.4 Å². The molecule has 1 heterocycles. The molecule has 3 rings (SSSR count). The fraction of sp³-hybridized carbons (Fsp3) is 0.684. The predicted molar refractivity (Wildman–Crippen MR) is 89.5 cm³/mol. The van der Waals surface area contributed by atoms with Crippen molar-refractivity contribution >= 4 is 0 Å².